The molecule has 2 rings (SSSR count). The van der Waals surface area contributed by atoms with E-state index in [1.54, 1.807) is 18.2 Å². The highest BCUT2D eigenvalue weighted by molar-refractivity contribution is 9.10. The second-order valence-corrected chi connectivity index (χ2v) is 3.32. The van der Waals surface area contributed by atoms with Crippen LogP contribution in [0.2, 0.25) is 0 Å². The summed E-state index contributed by atoms with van der Waals surface area (Å²) < 4.78 is 2.26. The van der Waals surface area contributed by atoms with Crippen molar-refractivity contribution in [2.24, 2.45) is 0 Å². The molecule has 0 amide bonds. The maximum atomic E-state index is 10.7. The largest absolute Gasteiger partial charge is 0.478 e. The predicted octanol–water partition coefficient (Wildman–Crippen LogP) is 1.79. The molecule has 5 heteroatoms. The fourth-order valence-electron chi connectivity index (χ4n) is 1.14. The van der Waals surface area contributed by atoms with Crippen molar-refractivity contribution in [3.8, 4) is 0 Å². The maximum absolute atomic E-state index is 10.7. The van der Waals surface area contributed by atoms with Crippen LogP contribution in [0.5, 0.6) is 0 Å². The van der Waals surface area contributed by atoms with E-state index >= 15 is 0 Å². The Morgan fingerprint density at radius 2 is 2.31 bits per heavy atom. The molecule has 0 radical (unpaired) electrons. The van der Waals surface area contributed by atoms with E-state index < -0.39 is 5.97 Å². The first-order chi connectivity index (χ1) is 6.20. The quantitative estimate of drug-likeness (QED) is 0.774. The van der Waals surface area contributed by atoms with Gasteiger partial charge in [0.1, 0.15) is 10.2 Å². The van der Waals surface area contributed by atoms with Crippen LogP contribution >= 0.6 is 15.9 Å². The third-order valence-corrected chi connectivity index (χ3v) is 2.33. The van der Waals surface area contributed by atoms with E-state index in [1.807, 2.05) is 0 Å². The third-order valence-electron chi connectivity index (χ3n) is 1.73. The highest BCUT2D eigenvalue weighted by Crippen LogP contribution is 2.16. The Bertz CT molecular complexity index is 478. The van der Waals surface area contributed by atoms with Crippen LogP contribution in [0.4, 0.5) is 0 Å². The fourth-order valence-corrected chi connectivity index (χ4v) is 1.58. The van der Waals surface area contributed by atoms with E-state index in [9.17, 15) is 4.79 Å². The summed E-state index contributed by atoms with van der Waals surface area (Å²) in [4.78, 5) is 10.7. The maximum Gasteiger partial charge on any atom is 0.339 e. The van der Waals surface area contributed by atoms with Crippen LogP contribution in [0.3, 0.4) is 0 Å². The number of aromatic nitrogens is 2. The molecule has 0 aliphatic rings. The molecule has 1 N–H and O–H groups in total. The molecule has 0 fully saturated rings. The number of aromatic carboxylic acids is 1. The topological polar surface area (TPSA) is 54.6 Å². The average molecular weight is 241 g/mol. The standard InChI is InChI=1S/C8H5BrN2O2/c9-7-3-1-2-6-5(8(12)13)4-10-11(6)7/h1-4H,(H,12,13). The Kier molecular flexibility index (Phi) is 1.81. The first-order valence-electron chi connectivity index (χ1n) is 3.55. The summed E-state index contributed by atoms with van der Waals surface area (Å²) in [6.45, 7) is 0. The Hall–Kier alpha value is -1.36. The lowest BCUT2D eigenvalue weighted by molar-refractivity contribution is 0.0699. The van der Waals surface area contributed by atoms with Gasteiger partial charge in [0.2, 0.25) is 0 Å². The van der Waals surface area contributed by atoms with Gasteiger partial charge in [0.05, 0.1) is 11.7 Å². The van der Waals surface area contributed by atoms with E-state index in [2.05, 4.69) is 21.0 Å². The summed E-state index contributed by atoms with van der Waals surface area (Å²) in [7, 11) is 0. The zero-order valence-corrected chi connectivity index (χ0v) is 8.02. The number of pyridine rings is 1. The van der Waals surface area contributed by atoms with Crippen molar-refractivity contribution in [3.05, 3.63) is 34.6 Å². The second-order valence-electron chi connectivity index (χ2n) is 2.51. The Morgan fingerprint density at radius 3 is 3.00 bits per heavy atom. The van der Waals surface area contributed by atoms with Gasteiger partial charge in [-0.3, -0.25) is 0 Å². The lowest BCUT2D eigenvalue weighted by Gasteiger charge is -1.95. The summed E-state index contributed by atoms with van der Waals surface area (Å²) in [5, 5.41) is 12.7. The number of halogens is 1. The monoisotopic (exact) mass is 240 g/mol. The molecule has 0 aliphatic heterocycles. The van der Waals surface area contributed by atoms with Crippen molar-refractivity contribution < 1.29 is 9.90 Å². The normalized spacial score (nSPS) is 10.5. The summed E-state index contributed by atoms with van der Waals surface area (Å²) >= 11 is 3.27. The van der Waals surface area contributed by atoms with Crippen molar-refractivity contribution in [1.29, 1.82) is 0 Å². The van der Waals surface area contributed by atoms with E-state index in [4.69, 9.17) is 5.11 Å². The van der Waals surface area contributed by atoms with E-state index in [0.29, 0.717) is 5.52 Å². The van der Waals surface area contributed by atoms with Crippen LogP contribution in [0.1, 0.15) is 10.4 Å². The van der Waals surface area contributed by atoms with Gasteiger partial charge in [-0.2, -0.15) is 5.10 Å². The summed E-state index contributed by atoms with van der Waals surface area (Å²) in [5.74, 6) is -0.965. The van der Waals surface area contributed by atoms with Gasteiger partial charge >= 0.3 is 5.97 Å². The molecule has 0 aliphatic carbocycles. The molecule has 2 aromatic heterocycles. The highest BCUT2D eigenvalue weighted by atomic mass is 79.9. The molecule has 4 nitrogen and oxygen atoms in total. The molecule has 2 heterocycles. The number of fused-ring (bicyclic) bond motifs is 1. The first kappa shape index (κ1) is 8.25. The number of nitrogens with zero attached hydrogens (tertiary/aromatic N) is 2. The summed E-state index contributed by atoms with van der Waals surface area (Å²) in [5.41, 5.74) is 0.795. The molecule has 66 valence electrons. The van der Waals surface area contributed by atoms with Gasteiger partial charge in [-0.15, -0.1) is 0 Å². The molecular weight excluding hydrogens is 236 g/mol. The van der Waals surface area contributed by atoms with Gasteiger partial charge < -0.3 is 5.11 Å². The summed E-state index contributed by atoms with van der Waals surface area (Å²) in [6, 6.07) is 5.28. The SMILES string of the molecule is O=C(O)c1cnn2c(Br)cccc12. The molecule has 0 spiro atoms. The fraction of sp³-hybridized carbons (Fsp3) is 0. The number of carboxylic acid groups (broad SMARTS) is 1. The molecule has 0 atom stereocenters. The van der Waals surface area contributed by atoms with Crippen molar-refractivity contribution in [1.82, 2.24) is 9.61 Å². The van der Waals surface area contributed by atoms with Gasteiger partial charge in [-0.1, -0.05) is 6.07 Å². The van der Waals surface area contributed by atoms with Crippen LogP contribution in [-0.2, 0) is 0 Å². The molecule has 0 bridgehead atoms. The third kappa shape index (κ3) is 1.21. The second kappa shape index (κ2) is 2.85. The molecule has 0 saturated carbocycles. The van der Waals surface area contributed by atoms with Crippen molar-refractivity contribution >= 4 is 27.4 Å². The van der Waals surface area contributed by atoms with E-state index in [0.717, 1.165) is 4.60 Å². The summed E-state index contributed by atoms with van der Waals surface area (Å²) in [6.07, 6.45) is 1.34. The first-order valence-corrected chi connectivity index (χ1v) is 4.35. The highest BCUT2D eigenvalue weighted by Gasteiger charge is 2.11. The lowest BCUT2D eigenvalue weighted by atomic mass is 10.3. The zero-order valence-electron chi connectivity index (χ0n) is 6.44. The molecule has 0 unspecified atom stereocenters. The Labute approximate surface area is 81.9 Å². The van der Waals surface area contributed by atoms with Gasteiger partial charge in [-0.05, 0) is 28.1 Å². The molecule has 0 saturated heterocycles. The van der Waals surface area contributed by atoms with Gasteiger partial charge in [0, 0.05) is 0 Å². The molecule has 2 aromatic rings. The van der Waals surface area contributed by atoms with Crippen LogP contribution in [-0.4, -0.2) is 20.7 Å². The van der Waals surface area contributed by atoms with Crippen LogP contribution < -0.4 is 0 Å². The minimum atomic E-state index is -0.965. The smallest absolute Gasteiger partial charge is 0.339 e. The van der Waals surface area contributed by atoms with Crippen molar-refractivity contribution in [3.63, 3.8) is 0 Å². The van der Waals surface area contributed by atoms with Gasteiger partial charge in [0.25, 0.3) is 0 Å². The zero-order chi connectivity index (χ0) is 9.42. The number of rotatable bonds is 1. The average Bonchev–Trinajstić information content (AvgIpc) is 2.48. The lowest BCUT2D eigenvalue weighted by Crippen LogP contribution is -1.95. The van der Waals surface area contributed by atoms with Crippen molar-refractivity contribution in [2.75, 3.05) is 0 Å². The van der Waals surface area contributed by atoms with Crippen molar-refractivity contribution in [2.45, 2.75) is 0 Å². The minimum absolute atomic E-state index is 0.210. The van der Waals surface area contributed by atoms with Gasteiger partial charge in [0.15, 0.2) is 0 Å². The minimum Gasteiger partial charge on any atom is -0.478 e. The van der Waals surface area contributed by atoms with Crippen LogP contribution in [0, 0.1) is 0 Å². The van der Waals surface area contributed by atoms with Crippen LogP contribution in [0.15, 0.2) is 29.0 Å². The molecular formula is C8H5BrN2O2. The Balaban J connectivity index is 2.83. The number of carboxylic acids is 1. The van der Waals surface area contributed by atoms with E-state index in [-0.39, 0.29) is 5.56 Å². The predicted molar refractivity (Wildman–Crippen MR) is 49.9 cm³/mol. The molecule has 0 aromatic carbocycles. The number of hydrogen-bond acceptors (Lipinski definition) is 2. The number of hydrogen-bond donors (Lipinski definition) is 1. The van der Waals surface area contributed by atoms with E-state index in [1.165, 1.54) is 10.7 Å². The van der Waals surface area contributed by atoms with Gasteiger partial charge in [-0.25, -0.2) is 9.31 Å². The Morgan fingerprint density at radius 1 is 1.54 bits per heavy atom. The van der Waals surface area contributed by atoms with Crippen LogP contribution in [0.25, 0.3) is 5.52 Å². The number of carbonyl (C=O) groups is 1. The molecule has 13 heavy (non-hydrogen) atoms.